The van der Waals surface area contributed by atoms with Crippen LogP contribution in [0.25, 0.3) is 11.0 Å². The summed E-state index contributed by atoms with van der Waals surface area (Å²) in [4.78, 5) is 13.0. The number of carbonyl (C=O) groups is 1. The number of rotatable bonds is 7. The molecule has 0 atom stereocenters. The van der Waals surface area contributed by atoms with Crippen molar-refractivity contribution in [3.63, 3.8) is 0 Å². The zero-order chi connectivity index (χ0) is 25.1. The molecule has 0 radical (unpaired) electrons. The van der Waals surface area contributed by atoms with Gasteiger partial charge in [-0.05, 0) is 48.0 Å². The summed E-state index contributed by atoms with van der Waals surface area (Å²) in [6.07, 6.45) is 1.80. The lowest BCUT2D eigenvalue weighted by Gasteiger charge is -2.13. The topological polar surface area (TPSA) is 109 Å². The second-order valence-electron chi connectivity index (χ2n) is 8.06. The summed E-state index contributed by atoms with van der Waals surface area (Å²) in [5, 5.41) is 23.3. The normalized spacial score (nSPS) is 10.9. The van der Waals surface area contributed by atoms with Gasteiger partial charge in [-0.3, -0.25) is 10.2 Å². The van der Waals surface area contributed by atoms with E-state index in [-0.39, 0.29) is 16.9 Å². The molecule has 5 aromatic rings. The summed E-state index contributed by atoms with van der Waals surface area (Å²) in [5.41, 5.74) is 3.25. The van der Waals surface area contributed by atoms with Crippen LogP contribution in [0.3, 0.4) is 0 Å². The molecule has 2 aromatic heterocycles. The van der Waals surface area contributed by atoms with Crippen molar-refractivity contribution in [1.29, 1.82) is 5.41 Å². The Morgan fingerprint density at radius 3 is 2.69 bits per heavy atom. The molecule has 0 aliphatic heterocycles. The van der Waals surface area contributed by atoms with E-state index in [2.05, 4.69) is 36.9 Å². The van der Waals surface area contributed by atoms with Gasteiger partial charge in [0.15, 0.2) is 0 Å². The first-order valence-corrected chi connectivity index (χ1v) is 11.8. The molecule has 0 fully saturated rings. The van der Waals surface area contributed by atoms with Crippen molar-refractivity contribution in [2.45, 2.75) is 13.1 Å². The third-order valence-corrected chi connectivity index (χ3v) is 5.95. The van der Waals surface area contributed by atoms with Crippen LogP contribution in [0.4, 0.5) is 15.8 Å². The van der Waals surface area contributed by atoms with Crippen molar-refractivity contribution in [1.82, 2.24) is 15.0 Å². The standard InChI is InChI=1S/C26H20BrFN6O2/c27-18-7-10-22(30-13-20-15-34(33-32-20)14-16-5-8-19(28)9-6-16)23(12-18)31-26(35)21-11-17-3-1-2-4-24(17)36-25(21)29/h1-12,15,29-30H,13-14H2,(H,31,35). The summed E-state index contributed by atoms with van der Waals surface area (Å²) >= 11 is 3.44. The highest BCUT2D eigenvalue weighted by Crippen LogP contribution is 2.27. The maximum atomic E-state index is 13.1. The molecule has 10 heteroatoms. The van der Waals surface area contributed by atoms with E-state index < -0.39 is 5.91 Å². The molecule has 8 nitrogen and oxygen atoms in total. The Balaban J connectivity index is 1.30. The van der Waals surface area contributed by atoms with Gasteiger partial charge < -0.3 is 15.1 Å². The van der Waals surface area contributed by atoms with Crippen LogP contribution >= 0.6 is 15.9 Å². The third-order valence-electron chi connectivity index (χ3n) is 5.45. The first-order valence-electron chi connectivity index (χ1n) is 11.0. The van der Waals surface area contributed by atoms with Gasteiger partial charge in [0.05, 0.1) is 30.7 Å². The lowest BCUT2D eigenvalue weighted by Crippen LogP contribution is -2.21. The number of hydrogen-bond donors (Lipinski definition) is 3. The average Bonchev–Trinajstić information content (AvgIpc) is 3.31. The summed E-state index contributed by atoms with van der Waals surface area (Å²) in [7, 11) is 0. The van der Waals surface area contributed by atoms with Crippen molar-refractivity contribution >= 4 is 44.2 Å². The number of nitrogens with one attached hydrogen (secondary N) is 3. The summed E-state index contributed by atoms with van der Waals surface area (Å²) in [6, 6.07) is 20.6. The first kappa shape index (κ1) is 23.4. The van der Waals surface area contributed by atoms with Crippen LogP contribution in [0.2, 0.25) is 0 Å². The molecule has 180 valence electrons. The monoisotopic (exact) mass is 546 g/mol. The van der Waals surface area contributed by atoms with Crippen molar-refractivity contribution in [3.05, 3.63) is 112 Å². The van der Waals surface area contributed by atoms with Crippen LogP contribution in [0.1, 0.15) is 21.6 Å². The van der Waals surface area contributed by atoms with E-state index in [0.717, 1.165) is 15.4 Å². The van der Waals surface area contributed by atoms with Crippen LogP contribution in [0.15, 0.2) is 87.9 Å². The Labute approximate surface area is 213 Å². The third kappa shape index (κ3) is 5.33. The van der Waals surface area contributed by atoms with Crippen LogP contribution in [0.5, 0.6) is 0 Å². The molecule has 0 spiro atoms. The Morgan fingerprint density at radius 1 is 1.06 bits per heavy atom. The minimum Gasteiger partial charge on any atom is -0.438 e. The van der Waals surface area contributed by atoms with E-state index in [0.29, 0.717) is 35.7 Å². The summed E-state index contributed by atoms with van der Waals surface area (Å²) in [5.74, 6) is -0.741. The second-order valence-corrected chi connectivity index (χ2v) is 8.97. The molecule has 3 N–H and O–H groups in total. The molecule has 5 rings (SSSR count). The minimum absolute atomic E-state index is 0.128. The van der Waals surface area contributed by atoms with E-state index in [1.54, 1.807) is 41.2 Å². The van der Waals surface area contributed by atoms with Crippen LogP contribution < -0.4 is 16.2 Å². The number of nitrogens with zero attached hydrogens (tertiary/aromatic N) is 3. The first-order chi connectivity index (χ1) is 17.4. The number of halogens is 2. The van der Waals surface area contributed by atoms with Gasteiger partial charge in [-0.1, -0.05) is 51.5 Å². The molecule has 0 saturated heterocycles. The Bertz CT molecular complexity index is 1610. The SMILES string of the molecule is N=c1oc2ccccc2cc1C(=O)Nc1cc(Br)ccc1NCc1cn(Cc2ccc(F)cc2)nn1. The van der Waals surface area contributed by atoms with E-state index in [9.17, 15) is 9.18 Å². The van der Waals surface area contributed by atoms with Crippen molar-refractivity contribution in [2.75, 3.05) is 10.6 Å². The van der Waals surface area contributed by atoms with Gasteiger partial charge in [0.25, 0.3) is 5.91 Å². The number of carbonyl (C=O) groups excluding carboxylic acids is 1. The molecule has 0 aliphatic carbocycles. The quantitative estimate of drug-likeness (QED) is 0.256. The zero-order valence-electron chi connectivity index (χ0n) is 18.8. The molecule has 0 unspecified atom stereocenters. The van der Waals surface area contributed by atoms with Crippen molar-refractivity contribution in [3.8, 4) is 0 Å². The largest absolute Gasteiger partial charge is 0.438 e. The highest BCUT2D eigenvalue weighted by Gasteiger charge is 2.14. The molecular formula is C26H20BrFN6O2. The molecule has 36 heavy (non-hydrogen) atoms. The van der Waals surface area contributed by atoms with Gasteiger partial charge in [0.1, 0.15) is 22.7 Å². The Kier molecular flexibility index (Phi) is 6.59. The van der Waals surface area contributed by atoms with Crippen molar-refractivity contribution < 1.29 is 13.6 Å². The predicted molar refractivity (Wildman–Crippen MR) is 137 cm³/mol. The lowest BCUT2D eigenvalue weighted by molar-refractivity contribution is 0.102. The van der Waals surface area contributed by atoms with Gasteiger partial charge in [0.2, 0.25) is 5.55 Å². The van der Waals surface area contributed by atoms with E-state index >= 15 is 0 Å². The maximum Gasteiger partial charge on any atom is 0.261 e. The van der Waals surface area contributed by atoms with E-state index in [1.807, 2.05) is 30.3 Å². The second kappa shape index (κ2) is 10.1. The molecule has 2 heterocycles. The number of aromatic nitrogens is 3. The average molecular weight is 547 g/mol. The smallest absolute Gasteiger partial charge is 0.261 e. The van der Waals surface area contributed by atoms with Gasteiger partial charge in [-0.25, -0.2) is 9.07 Å². The number of fused-ring (bicyclic) bond motifs is 1. The summed E-state index contributed by atoms with van der Waals surface area (Å²) < 4.78 is 21.1. The van der Waals surface area contributed by atoms with Gasteiger partial charge >= 0.3 is 0 Å². The molecule has 0 saturated carbocycles. The number of hydrogen-bond acceptors (Lipinski definition) is 6. The minimum atomic E-state index is -0.458. The fourth-order valence-electron chi connectivity index (χ4n) is 3.67. The fourth-order valence-corrected chi connectivity index (χ4v) is 4.03. The molecule has 3 aromatic carbocycles. The van der Waals surface area contributed by atoms with Crippen LogP contribution in [-0.2, 0) is 13.1 Å². The predicted octanol–water partition coefficient (Wildman–Crippen LogP) is 5.32. The van der Waals surface area contributed by atoms with Crippen molar-refractivity contribution in [2.24, 2.45) is 0 Å². The Hall–Kier alpha value is -4.31. The zero-order valence-corrected chi connectivity index (χ0v) is 20.4. The van der Waals surface area contributed by atoms with E-state index in [1.165, 1.54) is 12.1 Å². The highest BCUT2D eigenvalue weighted by molar-refractivity contribution is 9.10. The van der Waals surface area contributed by atoms with E-state index in [4.69, 9.17) is 9.83 Å². The summed E-state index contributed by atoms with van der Waals surface area (Å²) in [6.45, 7) is 0.835. The van der Waals surface area contributed by atoms with Gasteiger partial charge in [0, 0.05) is 9.86 Å². The molecule has 1 amide bonds. The highest BCUT2D eigenvalue weighted by atomic mass is 79.9. The molecule has 0 aliphatic rings. The number of amides is 1. The molecular weight excluding hydrogens is 527 g/mol. The number of anilines is 2. The number of para-hydroxylation sites is 1. The van der Waals surface area contributed by atoms with Gasteiger partial charge in [-0.15, -0.1) is 5.10 Å². The fraction of sp³-hybridized carbons (Fsp3) is 0.0769. The Morgan fingerprint density at radius 2 is 1.86 bits per heavy atom. The number of benzene rings is 3. The van der Waals surface area contributed by atoms with Crippen LogP contribution in [0, 0.1) is 11.2 Å². The lowest BCUT2D eigenvalue weighted by atomic mass is 10.1. The maximum absolute atomic E-state index is 13.1. The van der Waals surface area contributed by atoms with Gasteiger partial charge in [-0.2, -0.15) is 0 Å². The van der Waals surface area contributed by atoms with Crippen LogP contribution in [-0.4, -0.2) is 20.9 Å². The molecule has 0 bridgehead atoms.